The van der Waals surface area contributed by atoms with Crippen molar-refractivity contribution in [3.05, 3.63) is 36.5 Å². The first-order valence-electron chi connectivity index (χ1n) is 9.23. The van der Waals surface area contributed by atoms with Gasteiger partial charge in [-0.2, -0.15) is 5.10 Å². The monoisotopic (exact) mass is 365 g/mol. The van der Waals surface area contributed by atoms with E-state index in [1.807, 2.05) is 44.2 Å². The van der Waals surface area contributed by atoms with E-state index in [2.05, 4.69) is 25.8 Å². The predicted octanol–water partition coefficient (Wildman–Crippen LogP) is 2.96. The molecule has 2 aromatic heterocycles. The molecule has 0 radical (unpaired) electrons. The summed E-state index contributed by atoms with van der Waals surface area (Å²) >= 11 is 0. The molecule has 7 nitrogen and oxygen atoms in total. The predicted molar refractivity (Wildman–Crippen MR) is 105 cm³/mol. The van der Waals surface area contributed by atoms with Crippen LogP contribution in [0.1, 0.15) is 20.3 Å². The average Bonchev–Trinajstić information content (AvgIpc) is 3.32. The second kappa shape index (κ2) is 7.36. The molecule has 0 aliphatic carbocycles. The van der Waals surface area contributed by atoms with E-state index in [0.29, 0.717) is 5.88 Å². The summed E-state index contributed by atoms with van der Waals surface area (Å²) in [6.45, 7) is 5.57. The van der Waals surface area contributed by atoms with Crippen LogP contribution in [0.4, 0.5) is 5.69 Å². The summed E-state index contributed by atoms with van der Waals surface area (Å²) in [4.78, 5) is 16.7. The summed E-state index contributed by atoms with van der Waals surface area (Å²) in [6, 6.07) is 9.55. The molecule has 3 N–H and O–H groups in total. The fourth-order valence-corrected chi connectivity index (χ4v) is 3.27. The Kier molecular flexibility index (Phi) is 4.77. The molecule has 0 bridgehead atoms. The van der Waals surface area contributed by atoms with Crippen LogP contribution in [0.5, 0.6) is 5.88 Å². The number of H-pyrrole nitrogens is 1. The third-order valence-electron chi connectivity index (χ3n) is 4.63. The topological polar surface area (TPSA) is 91.9 Å². The van der Waals surface area contributed by atoms with E-state index < -0.39 is 0 Å². The van der Waals surface area contributed by atoms with E-state index >= 15 is 0 Å². The van der Waals surface area contributed by atoms with Crippen LogP contribution in [0, 0.1) is 5.92 Å². The molecule has 140 valence electrons. The van der Waals surface area contributed by atoms with Crippen LogP contribution < -0.4 is 15.4 Å². The second-order valence-electron chi connectivity index (χ2n) is 7.06. The smallest absolute Gasteiger partial charge is 0.228 e. The van der Waals surface area contributed by atoms with E-state index in [0.717, 1.165) is 47.4 Å². The highest BCUT2D eigenvalue weighted by Crippen LogP contribution is 2.29. The largest absolute Gasteiger partial charge is 0.475 e. The molecule has 7 heteroatoms. The lowest BCUT2D eigenvalue weighted by Crippen LogP contribution is -2.24. The zero-order valence-corrected chi connectivity index (χ0v) is 15.5. The Balaban J connectivity index is 1.59. The number of fused-ring (bicyclic) bond motifs is 1. The van der Waals surface area contributed by atoms with E-state index in [-0.39, 0.29) is 17.9 Å². The molecule has 1 aliphatic rings. The van der Waals surface area contributed by atoms with Crippen LogP contribution in [0.2, 0.25) is 0 Å². The van der Waals surface area contributed by atoms with Crippen molar-refractivity contribution in [1.82, 2.24) is 20.5 Å². The zero-order chi connectivity index (χ0) is 18.8. The van der Waals surface area contributed by atoms with Gasteiger partial charge in [0, 0.05) is 35.4 Å². The fourth-order valence-electron chi connectivity index (χ4n) is 3.27. The number of anilines is 1. The lowest BCUT2D eigenvalue weighted by Gasteiger charge is -2.10. The molecule has 0 saturated carbocycles. The number of nitrogens with zero attached hydrogens (tertiary/aromatic N) is 2. The van der Waals surface area contributed by atoms with Crippen molar-refractivity contribution in [3.8, 4) is 17.1 Å². The Labute approximate surface area is 157 Å². The van der Waals surface area contributed by atoms with Crippen LogP contribution in [-0.2, 0) is 4.79 Å². The minimum atomic E-state index is 0.0298. The number of nitrogens with one attached hydrogen (secondary N) is 3. The number of benzene rings is 1. The van der Waals surface area contributed by atoms with E-state index in [9.17, 15) is 4.79 Å². The number of aromatic nitrogens is 3. The average molecular weight is 365 g/mol. The van der Waals surface area contributed by atoms with Crippen molar-refractivity contribution in [2.75, 3.05) is 18.4 Å². The van der Waals surface area contributed by atoms with Crippen molar-refractivity contribution >= 4 is 22.5 Å². The van der Waals surface area contributed by atoms with Gasteiger partial charge < -0.3 is 15.4 Å². The van der Waals surface area contributed by atoms with Gasteiger partial charge in [-0.05, 0) is 51.1 Å². The molecule has 4 rings (SSSR count). The maximum atomic E-state index is 12.4. The van der Waals surface area contributed by atoms with E-state index in [1.54, 1.807) is 6.20 Å². The van der Waals surface area contributed by atoms with E-state index in [1.165, 1.54) is 0 Å². The number of hydrogen-bond acceptors (Lipinski definition) is 5. The van der Waals surface area contributed by atoms with Crippen molar-refractivity contribution < 1.29 is 9.53 Å². The minimum Gasteiger partial charge on any atom is -0.475 e. The molecule has 27 heavy (non-hydrogen) atoms. The van der Waals surface area contributed by atoms with Gasteiger partial charge in [0.1, 0.15) is 5.69 Å². The van der Waals surface area contributed by atoms with Crippen LogP contribution in [0.15, 0.2) is 36.5 Å². The van der Waals surface area contributed by atoms with Crippen LogP contribution in [0.25, 0.3) is 22.2 Å². The Bertz CT molecular complexity index is 943. The third kappa shape index (κ3) is 3.78. The molecule has 1 aromatic carbocycles. The summed E-state index contributed by atoms with van der Waals surface area (Å²) < 4.78 is 5.59. The first-order valence-corrected chi connectivity index (χ1v) is 9.23. The quantitative estimate of drug-likeness (QED) is 0.646. The molecule has 3 aromatic rings. The summed E-state index contributed by atoms with van der Waals surface area (Å²) in [5, 5.41) is 14.6. The van der Waals surface area contributed by atoms with Crippen molar-refractivity contribution in [3.63, 3.8) is 0 Å². The molecular formula is C20H23N5O2. The zero-order valence-electron chi connectivity index (χ0n) is 15.5. The SMILES string of the molecule is CC(C)Oc1ccc(-c2n[nH]c3ccc(NC(=O)C4CCNC4)cc23)cn1. The lowest BCUT2D eigenvalue weighted by atomic mass is 10.1. The maximum absolute atomic E-state index is 12.4. The Morgan fingerprint density at radius 1 is 1.30 bits per heavy atom. The molecule has 1 unspecified atom stereocenters. The number of rotatable bonds is 5. The molecule has 0 spiro atoms. The molecule has 1 aliphatic heterocycles. The molecule has 1 saturated heterocycles. The van der Waals surface area contributed by atoms with Gasteiger partial charge in [0.2, 0.25) is 11.8 Å². The van der Waals surface area contributed by atoms with Crippen molar-refractivity contribution in [1.29, 1.82) is 0 Å². The highest BCUT2D eigenvalue weighted by atomic mass is 16.5. The highest BCUT2D eigenvalue weighted by Gasteiger charge is 2.22. The molecule has 3 heterocycles. The summed E-state index contributed by atoms with van der Waals surface area (Å²) in [5.41, 5.74) is 3.37. The van der Waals surface area contributed by atoms with Crippen molar-refractivity contribution in [2.24, 2.45) is 5.92 Å². The normalized spacial score (nSPS) is 16.8. The Morgan fingerprint density at radius 2 is 2.19 bits per heavy atom. The number of amides is 1. The Hall–Kier alpha value is -2.93. The summed E-state index contributed by atoms with van der Waals surface area (Å²) in [5.74, 6) is 0.676. The number of aromatic amines is 1. The second-order valence-corrected chi connectivity index (χ2v) is 7.06. The Morgan fingerprint density at radius 3 is 2.89 bits per heavy atom. The minimum absolute atomic E-state index is 0.0298. The van der Waals surface area contributed by atoms with Gasteiger partial charge in [-0.25, -0.2) is 4.98 Å². The first-order chi connectivity index (χ1) is 13.1. The van der Waals surface area contributed by atoms with Gasteiger partial charge in [-0.1, -0.05) is 0 Å². The number of ether oxygens (including phenoxy) is 1. The number of carbonyl (C=O) groups excluding carboxylic acids is 1. The first kappa shape index (κ1) is 17.5. The summed E-state index contributed by atoms with van der Waals surface area (Å²) in [7, 11) is 0. The van der Waals surface area contributed by atoms with Gasteiger partial charge >= 0.3 is 0 Å². The van der Waals surface area contributed by atoms with Gasteiger partial charge in [0.25, 0.3) is 0 Å². The fraction of sp³-hybridized carbons (Fsp3) is 0.350. The standard InChI is InChI=1S/C20H23N5O2/c1-12(2)27-18-6-3-13(11-22-18)19-16-9-15(4-5-17(16)24-25-19)23-20(26)14-7-8-21-10-14/h3-6,9,11-12,14,21H,7-8,10H2,1-2H3,(H,23,26)(H,24,25). The van der Waals surface area contributed by atoms with Gasteiger partial charge in [-0.15, -0.1) is 0 Å². The number of carbonyl (C=O) groups is 1. The molecule has 1 atom stereocenters. The molecular weight excluding hydrogens is 342 g/mol. The number of pyridine rings is 1. The lowest BCUT2D eigenvalue weighted by molar-refractivity contribution is -0.119. The van der Waals surface area contributed by atoms with Gasteiger partial charge in [-0.3, -0.25) is 9.89 Å². The maximum Gasteiger partial charge on any atom is 0.228 e. The van der Waals surface area contributed by atoms with Gasteiger partial charge in [0.15, 0.2) is 0 Å². The van der Waals surface area contributed by atoms with Crippen LogP contribution in [-0.4, -0.2) is 40.3 Å². The molecule has 1 amide bonds. The third-order valence-corrected chi connectivity index (χ3v) is 4.63. The van der Waals surface area contributed by atoms with E-state index in [4.69, 9.17) is 4.74 Å². The van der Waals surface area contributed by atoms with Crippen molar-refractivity contribution in [2.45, 2.75) is 26.4 Å². The van der Waals surface area contributed by atoms with Gasteiger partial charge in [0.05, 0.1) is 17.5 Å². The van der Waals surface area contributed by atoms with Crippen LogP contribution >= 0.6 is 0 Å². The number of hydrogen-bond donors (Lipinski definition) is 3. The van der Waals surface area contributed by atoms with Crippen LogP contribution in [0.3, 0.4) is 0 Å². The summed E-state index contributed by atoms with van der Waals surface area (Å²) in [6.07, 6.45) is 2.71. The highest BCUT2D eigenvalue weighted by molar-refractivity contribution is 5.99. The molecule has 1 fully saturated rings.